The van der Waals surface area contributed by atoms with Crippen molar-refractivity contribution in [2.24, 2.45) is 0 Å². The smallest absolute Gasteiger partial charge is 0.161 e. The van der Waals surface area contributed by atoms with Crippen LogP contribution < -0.4 is 14.2 Å². The van der Waals surface area contributed by atoms with Gasteiger partial charge in [-0.05, 0) is 42.8 Å². The predicted octanol–water partition coefficient (Wildman–Crippen LogP) is 2.09. The Hall–Kier alpha value is -2.77. The summed E-state index contributed by atoms with van der Waals surface area (Å²) in [6, 6.07) is 8.92. The number of hydrogen-bond donors (Lipinski definition) is 3. The summed E-state index contributed by atoms with van der Waals surface area (Å²) in [5, 5.41) is 29.9. The highest BCUT2D eigenvalue weighted by molar-refractivity contribution is 5.94. The van der Waals surface area contributed by atoms with Crippen molar-refractivity contribution in [1.82, 2.24) is 0 Å². The summed E-state index contributed by atoms with van der Waals surface area (Å²) >= 11 is 0. The molecule has 2 unspecified atom stereocenters. The molecule has 2 rings (SSSR count). The first-order chi connectivity index (χ1) is 12.4. The van der Waals surface area contributed by atoms with Crippen LogP contribution in [0, 0.1) is 0 Å². The number of phenolic OH excluding ortho intramolecular Hbond substituents is 1. The van der Waals surface area contributed by atoms with Crippen LogP contribution in [0.25, 0.3) is 0 Å². The van der Waals surface area contributed by atoms with E-state index in [9.17, 15) is 20.1 Å². The molecule has 0 amide bonds. The summed E-state index contributed by atoms with van der Waals surface area (Å²) in [6.45, 7) is 0.946. The lowest BCUT2D eigenvalue weighted by Gasteiger charge is -2.24. The van der Waals surface area contributed by atoms with Crippen molar-refractivity contribution in [3.05, 3.63) is 47.5 Å². The number of methoxy groups -OCH3 is 2. The number of benzene rings is 2. The Labute approximate surface area is 151 Å². The highest BCUT2D eigenvalue weighted by atomic mass is 16.5. The fraction of sp³-hybridized carbons (Fsp3) is 0.316. The van der Waals surface area contributed by atoms with Crippen LogP contribution in [0.1, 0.15) is 28.9 Å². The van der Waals surface area contributed by atoms with Crippen LogP contribution in [-0.2, 0) is 0 Å². The monoisotopic (exact) mass is 362 g/mol. The average Bonchev–Trinajstić information content (AvgIpc) is 2.64. The van der Waals surface area contributed by atoms with Gasteiger partial charge in [-0.25, -0.2) is 0 Å². The standard InChI is InChI=1S/C19H22O7/c1-11(21)12-4-5-16(17(8-12)25-3)26-18(10-20)19(23)13-6-14(22)9-15(7-13)24-2/h4-9,18-20,22-23H,10H2,1-3H3. The van der Waals surface area contributed by atoms with Gasteiger partial charge in [-0.2, -0.15) is 0 Å². The molecule has 140 valence electrons. The third-order valence-electron chi connectivity index (χ3n) is 3.87. The topological polar surface area (TPSA) is 105 Å². The normalized spacial score (nSPS) is 13.0. The van der Waals surface area contributed by atoms with Gasteiger partial charge in [0.05, 0.1) is 20.8 Å². The van der Waals surface area contributed by atoms with E-state index >= 15 is 0 Å². The van der Waals surface area contributed by atoms with E-state index < -0.39 is 18.8 Å². The van der Waals surface area contributed by atoms with E-state index in [0.29, 0.717) is 22.6 Å². The molecule has 0 aliphatic carbocycles. The molecule has 3 N–H and O–H groups in total. The van der Waals surface area contributed by atoms with E-state index in [1.54, 1.807) is 6.07 Å². The molecule has 2 aromatic carbocycles. The van der Waals surface area contributed by atoms with Crippen molar-refractivity contribution in [1.29, 1.82) is 0 Å². The number of ketones is 1. The first kappa shape index (κ1) is 19.6. The van der Waals surface area contributed by atoms with E-state index in [1.807, 2.05) is 0 Å². The highest BCUT2D eigenvalue weighted by Gasteiger charge is 2.25. The molecule has 2 atom stereocenters. The van der Waals surface area contributed by atoms with E-state index in [4.69, 9.17) is 14.2 Å². The van der Waals surface area contributed by atoms with Gasteiger partial charge in [0.15, 0.2) is 23.4 Å². The fourth-order valence-corrected chi connectivity index (χ4v) is 2.46. The van der Waals surface area contributed by atoms with Gasteiger partial charge in [0, 0.05) is 11.6 Å². The van der Waals surface area contributed by atoms with Gasteiger partial charge in [0.25, 0.3) is 0 Å². The Bertz CT molecular complexity index is 772. The first-order valence-electron chi connectivity index (χ1n) is 7.92. The summed E-state index contributed by atoms with van der Waals surface area (Å²) in [5.74, 6) is 0.720. The largest absolute Gasteiger partial charge is 0.508 e. The molecule has 0 bridgehead atoms. The molecular formula is C19H22O7. The SMILES string of the molecule is COc1cc(O)cc(C(O)C(CO)Oc2ccc(C(C)=O)cc2OC)c1. The van der Waals surface area contributed by atoms with Crippen LogP contribution in [0.15, 0.2) is 36.4 Å². The Morgan fingerprint density at radius 3 is 2.38 bits per heavy atom. The lowest BCUT2D eigenvalue weighted by atomic mass is 10.0. The van der Waals surface area contributed by atoms with Crippen molar-refractivity contribution >= 4 is 5.78 Å². The second-order valence-electron chi connectivity index (χ2n) is 5.67. The number of carbonyl (C=O) groups excluding carboxylic acids is 1. The van der Waals surface area contributed by atoms with Crippen LogP contribution in [0.3, 0.4) is 0 Å². The molecule has 0 saturated heterocycles. The Morgan fingerprint density at radius 1 is 1.08 bits per heavy atom. The number of aliphatic hydroxyl groups excluding tert-OH is 2. The summed E-state index contributed by atoms with van der Waals surface area (Å²) in [4.78, 5) is 11.5. The van der Waals surface area contributed by atoms with Gasteiger partial charge in [-0.1, -0.05) is 0 Å². The summed E-state index contributed by atoms with van der Waals surface area (Å²) in [5.41, 5.74) is 0.772. The molecule has 0 heterocycles. The zero-order valence-corrected chi connectivity index (χ0v) is 14.8. The van der Waals surface area contributed by atoms with Crippen LogP contribution in [-0.4, -0.2) is 48.0 Å². The number of Topliss-reactive ketones (excluding diaryl/α,β-unsaturated/α-hetero) is 1. The molecule has 0 saturated carbocycles. The number of phenols is 1. The molecular weight excluding hydrogens is 340 g/mol. The molecule has 7 heteroatoms. The first-order valence-corrected chi connectivity index (χ1v) is 7.92. The van der Waals surface area contributed by atoms with Crippen molar-refractivity contribution in [2.45, 2.75) is 19.1 Å². The quantitative estimate of drug-likeness (QED) is 0.618. The molecule has 7 nitrogen and oxygen atoms in total. The van der Waals surface area contributed by atoms with Crippen molar-refractivity contribution < 1.29 is 34.3 Å². The summed E-state index contributed by atoms with van der Waals surface area (Å²) in [6.07, 6.45) is -2.27. The minimum Gasteiger partial charge on any atom is -0.508 e. The zero-order valence-electron chi connectivity index (χ0n) is 14.8. The Balaban J connectivity index is 2.29. The lowest BCUT2D eigenvalue weighted by molar-refractivity contribution is -0.000594. The van der Waals surface area contributed by atoms with Crippen LogP contribution in [0.4, 0.5) is 0 Å². The molecule has 0 spiro atoms. The maximum atomic E-state index is 11.5. The van der Waals surface area contributed by atoms with Crippen molar-refractivity contribution in [3.63, 3.8) is 0 Å². The second-order valence-corrected chi connectivity index (χ2v) is 5.67. The number of aromatic hydroxyl groups is 1. The van der Waals surface area contributed by atoms with Gasteiger partial charge in [0.1, 0.15) is 17.6 Å². The lowest BCUT2D eigenvalue weighted by Crippen LogP contribution is -2.29. The van der Waals surface area contributed by atoms with Gasteiger partial charge in [0.2, 0.25) is 0 Å². The highest BCUT2D eigenvalue weighted by Crippen LogP contribution is 2.33. The Kier molecular flexibility index (Phi) is 6.43. The number of hydrogen-bond acceptors (Lipinski definition) is 7. The van der Waals surface area contributed by atoms with Crippen molar-refractivity contribution in [2.75, 3.05) is 20.8 Å². The van der Waals surface area contributed by atoms with Crippen LogP contribution >= 0.6 is 0 Å². The average molecular weight is 362 g/mol. The van der Waals surface area contributed by atoms with E-state index in [1.165, 1.54) is 51.5 Å². The molecule has 0 aliphatic heterocycles. The summed E-state index contributed by atoms with van der Waals surface area (Å²) < 4.78 is 16.0. The number of carbonyl (C=O) groups is 1. The van der Waals surface area contributed by atoms with Gasteiger partial charge < -0.3 is 29.5 Å². The minimum atomic E-state index is -1.24. The fourth-order valence-electron chi connectivity index (χ4n) is 2.46. The van der Waals surface area contributed by atoms with E-state index in [2.05, 4.69) is 0 Å². The zero-order chi connectivity index (χ0) is 19.3. The number of rotatable bonds is 8. The van der Waals surface area contributed by atoms with Crippen LogP contribution in [0.2, 0.25) is 0 Å². The molecule has 0 radical (unpaired) electrons. The van der Waals surface area contributed by atoms with Gasteiger partial charge >= 0.3 is 0 Å². The molecule has 0 fully saturated rings. The van der Waals surface area contributed by atoms with Gasteiger partial charge in [-0.3, -0.25) is 4.79 Å². The Morgan fingerprint density at radius 2 is 1.81 bits per heavy atom. The van der Waals surface area contributed by atoms with E-state index in [-0.39, 0.29) is 17.3 Å². The van der Waals surface area contributed by atoms with Crippen LogP contribution in [0.5, 0.6) is 23.0 Å². The second kappa shape index (κ2) is 8.55. The van der Waals surface area contributed by atoms with Gasteiger partial charge in [-0.15, -0.1) is 0 Å². The number of ether oxygens (including phenoxy) is 3. The molecule has 0 aliphatic rings. The van der Waals surface area contributed by atoms with Crippen molar-refractivity contribution in [3.8, 4) is 23.0 Å². The molecule has 26 heavy (non-hydrogen) atoms. The number of aliphatic hydroxyl groups is 2. The minimum absolute atomic E-state index is 0.0847. The van der Waals surface area contributed by atoms with E-state index in [0.717, 1.165) is 0 Å². The molecule has 0 aromatic heterocycles. The maximum absolute atomic E-state index is 11.5. The molecule has 2 aromatic rings. The predicted molar refractivity (Wildman–Crippen MR) is 94.1 cm³/mol. The maximum Gasteiger partial charge on any atom is 0.161 e. The third kappa shape index (κ3) is 4.44. The third-order valence-corrected chi connectivity index (χ3v) is 3.87. The summed E-state index contributed by atoms with van der Waals surface area (Å²) in [7, 11) is 2.86.